The lowest BCUT2D eigenvalue weighted by atomic mass is 9.99. The second kappa shape index (κ2) is 6.60. The Morgan fingerprint density at radius 1 is 1.25 bits per heavy atom. The lowest BCUT2D eigenvalue weighted by Crippen LogP contribution is -2.41. The third-order valence-corrected chi connectivity index (χ3v) is 2.76. The fraction of sp³-hybridized carbons (Fsp3) is 0.333. The van der Waals surface area contributed by atoms with Crippen molar-refractivity contribution in [1.29, 1.82) is 0 Å². The van der Waals surface area contributed by atoms with Gasteiger partial charge in [0.2, 0.25) is 0 Å². The second-order valence-electron chi connectivity index (χ2n) is 4.07. The largest absolute Gasteiger partial charge is 0.481 e. The number of carboxylic acid groups (broad SMARTS) is 1. The first-order valence-electron chi connectivity index (χ1n) is 5.52. The van der Waals surface area contributed by atoms with Crippen LogP contribution in [-0.4, -0.2) is 29.7 Å². The lowest BCUT2D eigenvalue weighted by molar-refractivity contribution is -0.174. The number of aliphatic carboxylic acids is 1. The van der Waals surface area contributed by atoms with Gasteiger partial charge in [0, 0.05) is 11.6 Å². The number of halogens is 4. The molecule has 0 aliphatic carbocycles. The van der Waals surface area contributed by atoms with Crippen LogP contribution < -0.4 is 5.32 Å². The molecule has 2 N–H and O–H groups in total. The fourth-order valence-corrected chi connectivity index (χ4v) is 1.59. The van der Waals surface area contributed by atoms with Gasteiger partial charge in [-0.3, -0.25) is 9.59 Å². The van der Waals surface area contributed by atoms with Crippen molar-refractivity contribution in [2.75, 3.05) is 6.54 Å². The number of benzene rings is 1. The van der Waals surface area contributed by atoms with Crippen LogP contribution in [0.3, 0.4) is 0 Å². The SMILES string of the molecule is O=C(O)C(CNC(=O)C(F)(F)F)Cc1ccc(Cl)cc1. The molecular formula is C12H11ClF3NO3. The van der Waals surface area contributed by atoms with Gasteiger partial charge in [-0.25, -0.2) is 0 Å². The third kappa shape index (κ3) is 5.08. The Kier molecular flexibility index (Phi) is 5.38. The highest BCUT2D eigenvalue weighted by Gasteiger charge is 2.39. The number of carboxylic acids is 1. The molecule has 1 amide bonds. The molecule has 0 saturated heterocycles. The predicted molar refractivity (Wildman–Crippen MR) is 65.3 cm³/mol. The average Bonchev–Trinajstić information content (AvgIpc) is 2.34. The molecule has 8 heteroatoms. The van der Waals surface area contributed by atoms with Crippen molar-refractivity contribution in [3.63, 3.8) is 0 Å². The van der Waals surface area contributed by atoms with Crippen LogP contribution in [-0.2, 0) is 16.0 Å². The van der Waals surface area contributed by atoms with Gasteiger partial charge in [0.1, 0.15) is 0 Å². The van der Waals surface area contributed by atoms with E-state index in [1.54, 1.807) is 29.6 Å². The molecule has 0 spiro atoms. The van der Waals surface area contributed by atoms with Crippen molar-refractivity contribution in [3.05, 3.63) is 34.9 Å². The van der Waals surface area contributed by atoms with Gasteiger partial charge in [0.25, 0.3) is 0 Å². The van der Waals surface area contributed by atoms with Crippen LogP contribution >= 0.6 is 11.6 Å². The summed E-state index contributed by atoms with van der Waals surface area (Å²) in [6.45, 7) is -0.601. The van der Waals surface area contributed by atoms with Gasteiger partial charge in [-0.2, -0.15) is 13.2 Å². The van der Waals surface area contributed by atoms with Gasteiger partial charge in [0.15, 0.2) is 0 Å². The Morgan fingerprint density at radius 3 is 2.25 bits per heavy atom. The van der Waals surface area contributed by atoms with Gasteiger partial charge in [-0.1, -0.05) is 23.7 Å². The van der Waals surface area contributed by atoms with Gasteiger partial charge in [-0.15, -0.1) is 0 Å². The Balaban J connectivity index is 2.64. The minimum absolute atomic E-state index is 0.00929. The van der Waals surface area contributed by atoms with Crippen molar-refractivity contribution in [2.24, 2.45) is 5.92 Å². The normalized spacial score (nSPS) is 12.8. The zero-order valence-electron chi connectivity index (χ0n) is 10.1. The summed E-state index contributed by atoms with van der Waals surface area (Å²) in [5, 5.41) is 11.0. The van der Waals surface area contributed by atoms with Crippen LogP contribution in [0.4, 0.5) is 13.2 Å². The molecule has 0 aromatic heterocycles. The molecule has 1 unspecified atom stereocenters. The molecule has 1 rings (SSSR count). The molecule has 0 aliphatic rings. The van der Waals surface area contributed by atoms with E-state index >= 15 is 0 Å². The maximum Gasteiger partial charge on any atom is 0.471 e. The topological polar surface area (TPSA) is 66.4 Å². The van der Waals surface area contributed by atoms with E-state index in [4.69, 9.17) is 16.7 Å². The van der Waals surface area contributed by atoms with Gasteiger partial charge >= 0.3 is 18.1 Å². The Morgan fingerprint density at radius 2 is 1.80 bits per heavy atom. The first-order valence-corrected chi connectivity index (χ1v) is 5.90. The number of carbonyl (C=O) groups excluding carboxylic acids is 1. The molecule has 1 aromatic carbocycles. The summed E-state index contributed by atoms with van der Waals surface area (Å²) in [7, 11) is 0. The predicted octanol–water partition coefficient (Wildman–Crippen LogP) is 2.26. The van der Waals surface area contributed by atoms with E-state index in [-0.39, 0.29) is 6.42 Å². The molecule has 0 heterocycles. The molecule has 0 saturated carbocycles. The Hall–Kier alpha value is -1.76. The van der Waals surface area contributed by atoms with Crippen LogP contribution in [0, 0.1) is 5.92 Å². The Labute approximate surface area is 117 Å². The lowest BCUT2D eigenvalue weighted by Gasteiger charge is -2.14. The van der Waals surface area contributed by atoms with E-state index in [0.29, 0.717) is 10.6 Å². The zero-order valence-corrected chi connectivity index (χ0v) is 10.8. The van der Waals surface area contributed by atoms with Crippen LogP contribution in [0.1, 0.15) is 5.56 Å². The zero-order chi connectivity index (χ0) is 15.3. The molecule has 110 valence electrons. The maximum atomic E-state index is 12.0. The number of nitrogens with one attached hydrogen (secondary N) is 1. The molecule has 0 fully saturated rings. The molecular weight excluding hydrogens is 299 g/mol. The van der Waals surface area contributed by atoms with Gasteiger partial charge in [-0.05, 0) is 24.1 Å². The van der Waals surface area contributed by atoms with Crippen LogP contribution in [0.15, 0.2) is 24.3 Å². The standard InChI is InChI=1S/C12H11ClF3NO3/c13-9-3-1-7(2-4-9)5-8(10(18)19)6-17-11(20)12(14,15)16/h1-4,8H,5-6H2,(H,17,20)(H,18,19). The monoisotopic (exact) mass is 309 g/mol. The summed E-state index contributed by atoms with van der Waals surface area (Å²) in [4.78, 5) is 21.6. The molecule has 0 bridgehead atoms. The van der Waals surface area contributed by atoms with Crippen LogP contribution in [0.25, 0.3) is 0 Å². The number of hydrogen-bond donors (Lipinski definition) is 2. The summed E-state index contributed by atoms with van der Waals surface area (Å²) in [6.07, 6.45) is -5.03. The molecule has 1 atom stereocenters. The quantitative estimate of drug-likeness (QED) is 0.877. The summed E-state index contributed by atoms with van der Waals surface area (Å²) < 4.78 is 36.0. The Bertz CT molecular complexity index is 488. The molecule has 0 aliphatic heterocycles. The van der Waals surface area contributed by atoms with Crippen molar-refractivity contribution in [3.8, 4) is 0 Å². The third-order valence-electron chi connectivity index (χ3n) is 2.51. The number of alkyl halides is 3. The highest BCUT2D eigenvalue weighted by molar-refractivity contribution is 6.30. The van der Waals surface area contributed by atoms with Crippen molar-refractivity contribution in [1.82, 2.24) is 5.32 Å². The number of rotatable bonds is 5. The number of amides is 1. The van der Waals surface area contributed by atoms with Crippen LogP contribution in [0.2, 0.25) is 5.02 Å². The van der Waals surface area contributed by atoms with E-state index in [0.717, 1.165) is 0 Å². The summed E-state index contributed by atoms with van der Waals surface area (Å²) in [5.74, 6) is -4.59. The summed E-state index contributed by atoms with van der Waals surface area (Å²) in [6, 6.07) is 6.24. The first-order chi connectivity index (χ1) is 9.20. The highest BCUT2D eigenvalue weighted by Crippen LogP contribution is 2.16. The molecule has 1 aromatic rings. The van der Waals surface area contributed by atoms with Gasteiger partial charge in [0.05, 0.1) is 5.92 Å². The van der Waals surface area contributed by atoms with E-state index < -0.39 is 30.5 Å². The molecule has 0 radical (unpaired) electrons. The van der Waals surface area contributed by atoms with Crippen molar-refractivity contribution < 1.29 is 27.9 Å². The average molecular weight is 310 g/mol. The first kappa shape index (κ1) is 16.3. The second-order valence-corrected chi connectivity index (χ2v) is 4.51. The van der Waals surface area contributed by atoms with Gasteiger partial charge < -0.3 is 10.4 Å². The number of carbonyl (C=O) groups is 2. The highest BCUT2D eigenvalue weighted by atomic mass is 35.5. The van der Waals surface area contributed by atoms with Crippen molar-refractivity contribution in [2.45, 2.75) is 12.6 Å². The minimum Gasteiger partial charge on any atom is -0.481 e. The van der Waals surface area contributed by atoms with Crippen LogP contribution in [0.5, 0.6) is 0 Å². The van der Waals surface area contributed by atoms with Crippen molar-refractivity contribution >= 4 is 23.5 Å². The summed E-state index contributed by atoms with van der Waals surface area (Å²) >= 11 is 5.67. The van der Waals surface area contributed by atoms with E-state index in [2.05, 4.69) is 0 Å². The smallest absolute Gasteiger partial charge is 0.471 e. The molecule has 20 heavy (non-hydrogen) atoms. The van der Waals surface area contributed by atoms with E-state index in [9.17, 15) is 22.8 Å². The minimum atomic E-state index is -5.02. The summed E-state index contributed by atoms with van der Waals surface area (Å²) in [5.41, 5.74) is 0.600. The number of hydrogen-bond acceptors (Lipinski definition) is 2. The fourth-order valence-electron chi connectivity index (χ4n) is 1.47. The van der Waals surface area contributed by atoms with E-state index in [1.807, 2.05) is 0 Å². The maximum absolute atomic E-state index is 12.0. The molecule has 4 nitrogen and oxygen atoms in total. The van der Waals surface area contributed by atoms with E-state index in [1.165, 1.54) is 0 Å².